The van der Waals surface area contributed by atoms with Crippen LogP contribution in [-0.2, 0) is 4.79 Å². The van der Waals surface area contributed by atoms with Gasteiger partial charge >= 0.3 is 0 Å². The summed E-state index contributed by atoms with van der Waals surface area (Å²) < 4.78 is 0. The van der Waals surface area contributed by atoms with Gasteiger partial charge in [0, 0.05) is 18.7 Å². The topological polar surface area (TPSA) is 67.2 Å². The molecule has 0 atom stereocenters. The highest BCUT2D eigenvalue weighted by molar-refractivity contribution is 5.92. The number of nitrogens with one attached hydrogen (secondary N) is 2. The summed E-state index contributed by atoms with van der Waals surface area (Å²) in [5.74, 6) is 5.77. The third-order valence-electron chi connectivity index (χ3n) is 1.75. The molecule has 0 radical (unpaired) electrons. The van der Waals surface area contributed by atoms with Gasteiger partial charge in [-0.05, 0) is 12.0 Å². The van der Waals surface area contributed by atoms with Crippen LogP contribution in [0.1, 0.15) is 19.8 Å². The Bertz CT molecular complexity index is 243. The van der Waals surface area contributed by atoms with E-state index in [4.69, 9.17) is 5.84 Å². The van der Waals surface area contributed by atoms with E-state index in [1.54, 1.807) is 0 Å². The van der Waals surface area contributed by atoms with Gasteiger partial charge in [-0.15, -0.1) is 0 Å². The molecular formula is C8H13N3O. The number of carbonyl (C=O) groups excluding carboxylic acids is 1. The Balaban J connectivity index is 2.74. The molecule has 0 aromatic carbocycles. The standard InChI is InChI=1S/C8H13N3O/c1-2-6-3-7(12)4-8(11-9)10-5-6/h4-5,10-11H,2-3,9H2,1H3. The molecule has 4 nitrogen and oxygen atoms in total. The van der Waals surface area contributed by atoms with Crippen LogP contribution in [0, 0.1) is 0 Å². The highest BCUT2D eigenvalue weighted by Gasteiger charge is 2.07. The van der Waals surface area contributed by atoms with Crippen LogP contribution in [0.25, 0.3) is 0 Å². The first-order valence-electron chi connectivity index (χ1n) is 3.92. The van der Waals surface area contributed by atoms with Crippen LogP contribution < -0.4 is 16.6 Å². The van der Waals surface area contributed by atoms with Gasteiger partial charge in [0.1, 0.15) is 5.82 Å². The molecule has 0 saturated heterocycles. The average Bonchev–Trinajstić information content (AvgIpc) is 2.26. The predicted octanol–water partition coefficient (Wildman–Crippen LogP) is 0.147. The lowest BCUT2D eigenvalue weighted by Crippen LogP contribution is -2.28. The van der Waals surface area contributed by atoms with Gasteiger partial charge in [-0.25, -0.2) is 5.84 Å². The molecule has 0 fully saturated rings. The van der Waals surface area contributed by atoms with E-state index >= 15 is 0 Å². The van der Waals surface area contributed by atoms with E-state index in [0.717, 1.165) is 12.0 Å². The number of nitrogens with two attached hydrogens (primary N) is 1. The maximum Gasteiger partial charge on any atom is 0.163 e. The maximum absolute atomic E-state index is 11.2. The van der Waals surface area contributed by atoms with Crippen LogP contribution >= 0.6 is 0 Å². The van der Waals surface area contributed by atoms with Gasteiger partial charge in [0.2, 0.25) is 0 Å². The van der Waals surface area contributed by atoms with Crippen molar-refractivity contribution >= 4 is 5.78 Å². The fourth-order valence-electron chi connectivity index (χ4n) is 1.02. The van der Waals surface area contributed by atoms with Gasteiger partial charge in [0.15, 0.2) is 5.78 Å². The molecule has 66 valence electrons. The molecule has 0 aromatic rings. The lowest BCUT2D eigenvalue weighted by Gasteiger charge is -2.02. The average molecular weight is 167 g/mol. The van der Waals surface area contributed by atoms with Crippen molar-refractivity contribution in [3.05, 3.63) is 23.7 Å². The summed E-state index contributed by atoms with van der Waals surface area (Å²) in [6, 6.07) is 0. The molecular weight excluding hydrogens is 154 g/mol. The first-order chi connectivity index (χ1) is 5.76. The summed E-state index contributed by atoms with van der Waals surface area (Å²) in [7, 11) is 0. The fraction of sp³-hybridized carbons (Fsp3) is 0.375. The summed E-state index contributed by atoms with van der Waals surface area (Å²) in [5, 5.41) is 2.90. The predicted molar refractivity (Wildman–Crippen MR) is 46.5 cm³/mol. The molecule has 1 aliphatic rings. The van der Waals surface area contributed by atoms with Crippen molar-refractivity contribution in [2.45, 2.75) is 19.8 Å². The first-order valence-corrected chi connectivity index (χ1v) is 3.92. The molecule has 12 heavy (non-hydrogen) atoms. The molecule has 0 aliphatic carbocycles. The summed E-state index contributed by atoms with van der Waals surface area (Å²) in [5.41, 5.74) is 3.49. The van der Waals surface area contributed by atoms with E-state index < -0.39 is 0 Å². The van der Waals surface area contributed by atoms with E-state index in [1.807, 2.05) is 13.1 Å². The van der Waals surface area contributed by atoms with Crippen LogP contribution in [0.2, 0.25) is 0 Å². The van der Waals surface area contributed by atoms with Crippen molar-refractivity contribution in [3.63, 3.8) is 0 Å². The van der Waals surface area contributed by atoms with E-state index in [0.29, 0.717) is 12.2 Å². The van der Waals surface area contributed by atoms with Crippen molar-refractivity contribution in [1.82, 2.24) is 10.7 Å². The minimum absolute atomic E-state index is 0.0704. The number of rotatable bonds is 2. The van der Waals surface area contributed by atoms with Crippen molar-refractivity contribution in [2.75, 3.05) is 0 Å². The zero-order valence-corrected chi connectivity index (χ0v) is 7.05. The van der Waals surface area contributed by atoms with E-state index in [-0.39, 0.29) is 5.78 Å². The zero-order chi connectivity index (χ0) is 8.97. The molecule has 1 aliphatic heterocycles. The van der Waals surface area contributed by atoms with Crippen molar-refractivity contribution < 1.29 is 4.79 Å². The van der Waals surface area contributed by atoms with Gasteiger partial charge in [-0.1, -0.05) is 6.92 Å². The number of hydrazine groups is 1. The Morgan fingerprint density at radius 3 is 3.08 bits per heavy atom. The monoisotopic (exact) mass is 167 g/mol. The molecule has 1 heterocycles. The van der Waals surface area contributed by atoms with E-state index in [2.05, 4.69) is 10.7 Å². The summed E-state index contributed by atoms with van der Waals surface area (Å²) in [6.07, 6.45) is 4.65. The Hall–Kier alpha value is -1.29. The highest BCUT2D eigenvalue weighted by atomic mass is 16.1. The Morgan fingerprint density at radius 2 is 2.50 bits per heavy atom. The Kier molecular flexibility index (Phi) is 2.88. The minimum atomic E-state index is 0.0704. The quantitative estimate of drug-likeness (QED) is 0.404. The second kappa shape index (κ2) is 3.92. The number of ketones is 1. The van der Waals surface area contributed by atoms with Crippen LogP contribution in [0.5, 0.6) is 0 Å². The van der Waals surface area contributed by atoms with Gasteiger partial charge in [-0.2, -0.15) is 0 Å². The van der Waals surface area contributed by atoms with Crippen LogP contribution in [-0.4, -0.2) is 5.78 Å². The largest absolute Gasteiger partial charge is 0.347 e. The first kappa shape index (κ1) is 8.80. The van der Waals surface area contributed by atoms with Crippen LogP contribution in [0.3, 0.4) is 0 Å². The molecule has 0 bridgehead atoms. The molecule has 0 unspecified atom stereocenters. The summed E-state index contributed by atoms with van der Waals surface area (Å²) in [6.45, 7) is 2.02. The molecule has 0 amide bonds. The van der Waals surface area contributed by atoms with Gasteiger partial charge < -0.3 is 10.7 Å². The van der Waals surface area contributed by atoms with E-state index in [9.17, 15) is 4.79 Å². The van der Waals surface area contributed by atoms with Crippen LogP contribution in [0.4, 0.5) is 0 Å². The van der Waals surface area contributed by atoms with Crippen LogP contribution in [0.15, 0.2) is 23.7 Å². The minimum Gasteiger partial charge on any atom is -0.347 e. The third kappa shape index (κ3) is 2.10. The summed E-state index contributed by atoms with van der Waals surface area (Å²) in [4.78, 5) is 11.2. The summed E-state index contributed by atoms with van der Waals surface area (Å²) >= 11 is 0. The number of carbonyl (C=O) groups is 1. The van der Waals surface area contributed by atoms with Gasteiger partial charge in [0.25, 0.3) is 0 Å². The lowest BCUT2D eigenvalue weighted by molar-refractivity contribution is -0.114. The normalized spacial score (nSPS) is 17.3. The zero-order valence-electron chi connectivity index (χ0n) is 7.05. The number of hydrogen-bond donors (Lipinski definition) is 3. The second-order valence-electron chi connectivity index (χ2n) is 2.65. The van der Waals surface area contributed by atoms with Gasteiger partial charge in [0.05, 0.1) is 0 Å². The smallest absolute Gasteiger partial charge is 0.163 e. The Morgan fingerprint density at radius 1 is 1.75 bits per heavy atom. The third-order valence-corrected chi connectivity index (χ3v) is 1.75. The van der Waals surface area contributed by atoms with Gasteiger partial charge in [-0.3, -0.25) is 4.79 Å². The molecule has 0 aromatic heterocycles. The fourth-order valence-corrected chi connectivity index (χ4v) is 1.02. The molecule has 1 rings (SSSR count). The molecule has 4 heteroatoms. The molecule has 0 saturated carbocycles. The highest BCUT2D eigenvalue weighted by Crippen LogP contribution is 2.09. The van der Waals surface area contributed by atoms with Crippen molar-refractivity contribution in [2.24, 2.45) is 5.84 Å². The van der Waals surface area contributed by atoms with Crippen molar-refractivity contribution in [1.29, 1.82) is 0 Å². The number of hydrogen-bond acceptors (Lipinski definition) is 4. The second-order valence-corrected chi connectivity index (χ2v) is 2.65. The van der Waals surface area contributed by atoms with E-state index in [1.165, 1.54) is 6.08 Å². The van der Waals surface area contributed by atoms with Crippen molar-refractivity contribution in [3.8, 4) is 0 Å². The molecule has 0 spiro atoms. The Labute approximate surface area is 71.5 Å². The number of allylic oxidation sites excluding steroid dienone is 2. The lowest BCUT2D eigenvalue weighted by atomic mass is 10.1. The molecule has 4 N–H and O–H groups in total. The SMILES string of the molecule is CCC1=CNC(NN)=CC(=O)C1. The maximum atomic E-state index is 11.2.